The van der Waals surface area contributed by atoms with Crippen molar-refractivity contribution in [3.63, 3.8) is 0 Å². The van der Waals surface area contributed by atoms with Gasteiger partial charge in [0, 0.05) is 11.2 Å². The average molecular weight is 340 g/mol. The smallest absolute Gasteiger partial charge is 0.0949 e. The molecule has 0 saturated carbocycles. The highest BCUT2D eigenvalue weighted by Gasteiger charge is 2.09. The van der Waals surface area contributed by atoms with Crippen molar-refractivity contribution in [1.82, 2.24) is 4.98 Å². The summed E-state index contributed by atoms with van der Waals surface area (Å²) < 4.78 is 1.31. The molecule has 1 unspecified atom stereocenters. The van der Waals surface area contributed by atoms with Crippen LogP contribution < -0.4 is 0 Å². The molecule has 104 valence electrons. The SMILES string of the molecule is CCCCCCCC(Br)Cc1nc2ccccc2s1. The van der Waals surface area contributed by atoms with E-state index in [4.69, 9.17) is 4.98 Å². The number of hydrogen-bond donors (Lipinski definition) is 0. The van der Waals surface area contributed by atoms with Crippen molar-refractivity contribution in [3.05, 3.63) is 29.3 Å². The van der Waals surface area contributed by atoms with E-state index in [0.717, 1.165) is 11.9 Å². The summed E-state index contributed by atoms with van der Waals surface area (Å²) in [5.41, 5.74) is 1.14. The Morgan fingerprint density at radius 3 is 2.74 bits per heavy atom. The predicted octanol–water partition coefficient (Wildman–Crippen LogP) is 5.96. The average Bonchev–Trinajstić information content (AvgIpc) is 2.80. The zero-order valence-electron chi connectivity index (χ0n) is 11.6. The van der Waals surface area contributed by atoms with Crippen molar-refractivity contribution in [1.29, 1.82) is 0 Å². The third kappa shape index (κ3) is 4.88. The van der Waals surface area contributed by atoms with Gasteiger partial charge in [-0.15, -0.1) is 11.3 Å². The summed E-state index contributed by atoms with van der Waals surface area (Å²) in [6, 6.07) is 8.41. The molecule has 1 heterocycles. The zero-order chi connectivity index (χ0) is 13.5. The van der Waals surface area contributed by atoms with Gasteiger partial charge in [-0.3, -0.25) is 0 Å². The molecule has 1 atom stereocenters. The van der Waals surface area contributed by atoms with Crippen molar-refractivity contribution in [2.75, 3.05) is 0 Å². The van der Waals surface area contributed by atoms with Gasteiger partial charge >= 0.3 is 0 Å². The molecule has 1 nitrogen and oxygen atoms in total. The molecule has 2 rings (SSSR count). The first-order valence-corrected chi connectivity index (χ1v) is 9.01. The van der Waals surface area contributed by atoms with Crippen LogP contribution in [0, 0.1) is 0 Å². The number of thiazole rings is 1. The largest absolute Gasteiger partial charge is 0.241 e. The molecule has 0 aliphatic carbocycles. The Morgan fingerprint density at radius 2 is 1.95 bits per heavy atom. The van der Waals surface area contributed by atoms with Crippen LogP contribution in [0.3, 0.4) is 0 Å². The van der Waals surface area contributed by atoms with Gasteiger partial charge in [-0.25, -0.2) is 4.98 Å². The van der Waals surface area contributed by atoms with Gasteiger partial charge in [-0.1, -0.05) is 67.1 Å². The third-order valence-electron chi connectivity index (χ3n) is 3.36. The van der Waals surface area contributed by atoms with Crippen LogP contribution in [0.25, 0.3) is 10.2 Å². The molecular formula is C16H22BrNS. The van der Waals surface area contributed by atoms with Gasteiger partial charge in [0.2, 0.25) is 0 Å². The second-order valence-electron chi connectivity index (χ2n) is 5.08. The van der Waals surface area contributed by atoms with Crippen LogP contribution in [0.1, 0.15) is 50.5 Å². The van der Waals surface area contributed by atoms with E-state index in [1.165, 1.54) is 48.2 Å². The van der Waals surface area contributed by atoms with E-state index in [1.54, 1.807) is 0 Å². The van der Waals surface area contributed by atoms with E-state index in [1.807, 2.05) is 11.3 Å². The minimum absolute atomic E-state index is 0.578. The van der Waals surface area contributed by atoms with Crippen LogP contribution in [-0.4, -0.2) is 9.81 Å². The Bertz CT molecular complexity index is 461. The van der Waals surface area contributed by atoms with E-state index >= 15 is 0 Å². The molecule has 3 heteroatoms. The summed E-state index contributed by atoms with van der Waals surface area (Å²) in [5, 5.41) is 1.26. The van der Waals surface area contributed by atoms with E-state index in [9.17, 15) is 0 Å². The standard InChI is InChI=1S/C16H22BrNS/c1-2-3-4-5-6-9-13(17)12-16-18-14-10-7-8-11-15(14)19-16/h7-8,10-11,13H,2-6,9,12H2,1H3. The summed E-state index contributed by atoms with van der Waals surface area (Å²) in [6.07, 6.45) is 9.12. The number of aromatic nitrogens is 1. The maximum Gasteiger partial charge on any atom is 0.0949 e. The fourth-order valence-corrected chi connectivity index (χ4v) is 4.16. The monoisotopic (exact) mass is 339 g/mol. The van der Waals surface area contributed by atoms with E-state index in [2.05, 4.69) is 47.1 Å². The number of hydrogen-bond acceptors (Lipinski definition) is 2. The number of rotatable bonds is 8. The highest BCUT2D eigenvalue weighted by atomic mass is 79.9. The third-order valence-corrected chi connectivity index (χ3v) is 5.20. The second-order valence-corrected chi connectivity index (χ2v) is 7.49. The second kappa shape index (κ2) is 8.01. The lowest BCUT2D eigenvalue weighted by atomic mass is 10.1. The molecule has 1 aromatic heterocycles. The van der Waals surface area contributed by atoms with Crippen LogP contribution in [0.4, 0.5) is 0 Å². The number of unbranched alkanes of at least 4 members (excludes halogenated alkanes) is 4. The lowest BCUT2D eigenvalue weighted by molar-refractivity contribution is 0.598. The Morgan fingerprint density at radius 1 is 1.16 bits per heavy atom. The molecule has 0 bridgehead atoms. The van der Waals surface area contributed by atoms with Crippen molar-refractivity contribution in [2.24, 2.45) is 0 Å². The zero-order valence-corrected chi connectivity index (χ0v) is 14.0. The van der Waals surface area contributed by atoms with Crippen molar-refractivity contribution >= 4 is 37.5 Å². The molecule has 0 aliphatic rings. The lowest BCUT2D eigenvalue weighted by Gasteiger charge is -2.07. The topological polar surface area (TPSA) is 12.9 Å². The summed E-state index contributed by atoms with van der Waals surface area (Å²) in [6.45, 7) is 2.26. The quantitative estimate of drug-likeness (QED) is 0.427. The Balaban J connectivity index is 1.76. The van der Waals surface area contributed by atoms with Crippen LogP contribution in [0.5, 0.6) is 0 Å². The van der Waals surface area contributed by atoms with Gasteiger partial charge in [-0.2, -0.15) is 0 Å². The number of nitrogens with zero attached hydrogens (tertiary/aromatic N) is 1. The molecule has 0 N–H and O–H groups in total. The predicted molar refractivity (Wildman–Crippen MR) is 89.4 cm³/mol. The number of para-hydroxylation sites is 1. The molecule has 0 amide bonds. The van der Waals surface area contributed by atoms with Gasteiger partial charge in [0.1, 0.15) is 0 Å². The first-order chi connectivity index (χ1) is 9.29. The van der Waals surface area contributed by atoms with Gasteiger partial charge < -0.3 is 0 Å². The summed E-state index contributed by atoms with van der Waals surface area (Å²) >= 11 is 5.64. The molecule has 0 aliphatic heterocycles. The number of benzene rings is 1. The van der Waals surface area contributed by atoms with E-state index in [-0.39, 0.29) is 0 Å². The van der Waals surface area contributed by atoms with Gasteiger partial charge in [0.05, 0.1) is 15.2 Å². The highest BCUT2D eigenvalue weighted by Crippen LogP contribution is 2.25. The van der Waals surface area contributed by atoms with Crippen molar-refractivity contribution in [3.8, 4) is 0 Å². The molecule has 0 spiro atoms. The molecule has 0 radical (unpaired) electrons. The number of fused-ring (bicyclic) bond motifs is 1. The molecule has 19 heavy (non-hydrogen) atoms. The van der Waals surface area contributed by atoms with Gasteiger partial charge in [-0.05, 0) is 18.6 Å². The van der Waals surface area contributed by atoms with Crippen LogP contribution in [0.15, 0.2) is 24.3 Å². The first kappa shape index (κ1) is 15.0. The molecular weight excluding hydrogens is 318 g/mol. The van der Waals surface area contributed by atoms with Crippen molar-refractivity contribution < 1.29 is 0 Å². The molecule has 2 aromatic rings. The fraction of sp³-hybridized carbons (Fsp3) is 0.562. The highest BCUT2D eigenvalue weighted by molar-refractivity contribution is 9.09. The first-order valence-electron chi connectivity index (χ1n) is 7.28. The molecule has 0 saturated heterocycles. The van der Waals surface area contributed by atoms with Crippen molar-refractivity contribution in [2.45, 2.75) is 56.7 Å². The Hall–Kier alpha value is -0.410. The Labute approximate surface area is 128 Å². The lowest BCUT2D eigenvalue weighted by Crippen LogP contribution is -2.02. The molecule has 1 aromatic carbocycles. The Kier molecular flexibility index (Phi) is 6.32. The summed E-state index contributed by atoms with van der Waals surface area (Å²) in [7, 11) is 0. The van der Waals surface area contributed by atoms with Crippen LogP contribution in [0.2, 0.25) is 0 Å². The maximum atomic E-state index is 4.70. The number of halogens is 1. The minimum atomic E-state index is 0.578. The van der Waals surface area contributed by atoms with Gasteiger partial charge in [0.25, 0.3) is 0 Å². The normalized spacial score (nSPS) is 12.9. The summed E-state index contributed by atoms with van der Waals surface area (Å²) in [5.74, 6) is 0. The molecule has 0 fully saturated rings. The maximum absolute atomic E-state index is 4.70. The fourth-order valence-electron chi connectivity index (χ4n) is 2.27. The number of alkyl halides is 1. The van der Waals surface area contributed by atoms with Crippen LogP contribution in [-0.2, 0) is 6.42 Å². The summed E-state index contributed by atoms with van der Waals surface area (Å²) in [4.78, 5) is 5.28. The van der Waals surface area contributed by atoms with Gasteiger partial charge in [0.15, 0.2) is 0 Å². The van der Waals surface area contributed by atoms with E-state index in [0.29, 0.717) is 4.83 Å². The van der Waals surface area contributed by atoms with Crippen LogP contribution >= 0.6 is 27.3 Å². The minimum Gasteiger partial charge on any atom is -0.241 e. The van der Waals surface area contributed by atoms with E-state index < -0.39 is 0 Å².